The van der Waals surface area contributed by atoms with E-state index in [1.54, 1.807) is 0 Å². The predicted molar refractivity (Wildman–Crippen MR) is 186 cm³/mol. The maximum atomic E-state index is 3.65. The number of anilines is 3. The summed E-state index contributed by atoms with van der Waals surface area (Å²) in [5.41, 5.74) is 13.2. The Hall–Kier alpha value is -5.08. The van der Waals surface area contributed by atoms with Crippen LogP contribution < -0.4 is 10.6 Å². The lowest BCUT2D eigenvalue weighted by molar-refractivity contribution is 1.18. The molecular weight excluding hydrogens is 520 g/mol. The molecule has 0 heterocycles. The summed E-state index contributed by atoms with van der Waals surface area (Å²) in [6, 6.07) is 45.4. The van der Waals surface area contributed by atoms with E-state index in [1.807, 2.05) is 13.0 Å². The zero-order chi connectivity index (χ0) is 29.9. The molecule has 0 fully saturated rings. The van der Waals surface area contributed by atoms with Gasteiger partial charge in [-0.15, -0.1) is 0 Å². The highest BCUT2D eigenvalue weighted by Crippen LogP contribution is 2.31. The van der Waals surface area contributed by atoms with Gasteiger partial charge in [0.15, 0.2) is 0 Å². The van der Waals surface area contributed by atoms with Crippen molar-refractivity contribution >= 4 is 17.1 Å². The molecule has 0 spiro atoms. The normalized spacial score (nSPS) is 11.4. The Morgan fingerprint density at radius 1 is 0.581 bits per heavy atom. The highest BCUT2D eigenvalue weighted by atomic mass is 14.9. The maximum absolute atomic E-state index is 3.65. The molecule has 5 rings (SSSR count). The summed E-state index contributed by atoms with van der Waals surface area (Å²) in [5.74, 6) is 0. The zero-order valence-electron chi connectivity index (χ0n) is 25.3. The lowest BCUT2D eigenvalue weighted by Crippen LogP contribution is -2.01. The first-order valence-electron chi connectivity index (χ1n) is 15.0. The van der Waals surface area contributed by atoms with Gasteiger partial charge in [-0.25, -0.2) is 0 Å². The van der Waals surface area contributed by atoms with Crippen LogP contribution in [-0.2, 0) is 12.8 Å². The molecule has 5 aromatic rings. The first kappa shape index (κ1) is 29.4. The summed E-state index contributed by atoms with van der Waals surface area (Å²) in [7, 11) is 0. The fraction of sp³-hybridized carbons (Fsp3) is 0.122. The van der Waals surface area contributed by atoms with E-state index < -0.39 is 0 Å². The standard InChI is InChI=1S/C41H40N2/c1-4-14-38(25-23-31(2)3)42-40-22-12-11-18-36(40)29-33-17-13-19-34(28-33)35-24-26-41(43-39-20-9-6-10-21-39)37(30-35)27-32-15-7-5-8-16-32/h4-26,28,30,42-43H,27,29H2,1-3H3/b14-4-,38-25+. The number of allylic oxidation sites excluding steroid dienone is 5. The quantitative estimate of drug-likeness (QED) is 0.157. The molecule has 0 amide bonds. The van der Waals surface area contributed by atoms with Crippen molar-refractivity contribution < 1.29 is 0 Å². The summed E-state index contributed by atoms with van der Waals surface area (Å²) in [6.07, 6.45) is 10.2. The maximum Gasteiger partial charge on any atom is 0.0420 e. The highest BCUT2D eigenvalue weighted by Gasteiger charge is 2.10. The van der Waals surface area contributed by atoms with E-state index in [1.165, 1.54) is 39.0 Å². The van der Waals surface area contributed by atoms with E-state index in [2.05, 4.69) is 170 Å². The van der Waals surface area contributed by atoms with Crippen molar-refractivity contribution in [3.05, 3.63) is 185 Å². The van der Waals surface area contributed by atoms with Gasteiger partial charge in [-0.3, -0.25) is 0 Å². The second-order valence-electron chi connectivity index (χ2n) is 11.1. The first-order valence-corrected chi connectivity index (χ1v) is 15.0. The highest BCUT2D eigenvalue weighted by molar-refractivity contribution is 5.72. The third-order valence-electron chi connectivity index (χ3n) is 7.29. The topological polar surface area (TPSA) is 24.1 Å². The van der Waals surface area contributed by atoms with E-state index in [4.69, 9.17) is 0 Å². The van der Waals surface area contributed by atoms with Crippen LogP contribution in [0, 0.1) is 0 Å². The molecule has 0 aliphatic rings. The van der Waals surface area contributed by atoms with Crippen molar-refractivity contribution in [3.63, 3.8) is 0 Å². The lowest BCUT2D eigenvalue weighted by Gasteiger charge is -2.16. The number of hydrogen-bond acceptors (Lipinski definition) is 2. The van der Waals surface area contributed by atoms with Gasteiger partial charge < -0.3 is 10.6 Å². The number of hydrogen-bond donors (Lipinski definition) is 2. The van der Waals surface area contributed by atoms with Gasteiger partial charge in [-0.2, -0.15) is 0 Å². The van der Waals surface area contributed by atoms with Crippen molar-refractivity contribution in [1.82, 2.24) is 0 Å². The Kier molecular flexibility index (Phi) is 10.1. The molecule has 43 heavy (non-hydrogen) atoms. The van der Waals surface area contributed by atoms with Crippen LogP contribution in [0.15, 0.2) is 163 Å². The van der Waals surface area contributed by atoms with Crippen LogP contribution in [0.1, 0.15) is 43.0 Å². The molecule has 0 aromatic heterocycles. The molecule has 0 saturated carbocycles. The Balaban J connectivity index is 1.43. The van der Waals surface area contributed by atoms with Gasteiger partial charge in [0, 0.05) is 22.8 Å². The van der Waals surface area contributed by atoms with Crippen molar-refractivity contribution in [3.8, 4) is 11.1 Å². The molecule has 0 unspecified atom stereocenters. The van der Waals surface area contributed by atoms with Gasteiger partial charge in [-0.1, -0.05) is 115 Å². The molecule has 0 atom stereocenters. The summed E-state index contributed by atoms with van der Waals surface area (Å²) in [6.45, 7) is 6.27. The molecule has 0 aliphatic heterocycles. The van der Waals surface area contributed by atoms with Crippen molar-refractivity contribution in [1.29, 1.82) is 0 Å². The van der Waals surface area contributed by atoms with Crippen LogP contribution in [0.5, 0.6) is 0 Å². The van der Waals surface area contributed by atoms with E-state index >= 15 is 0 Å². The van der Waals surface area contributed by atoms with E-state index in [0.29, 0.717) is 0 Å². The fourth-order valence-corrected chi connectivity index (χ4v) is 5.14. The summed E-state index contributed by atoms with van der Waals surface area (Å²) in [4.78, 5) is 0. The Bertz CT molecular complexity index is 1720. The summed E-state index contributed by atoms with van der Waals surface area (Å²) in [5, 5.41) is 7.29. The molecule has 2 N–H and O–H groups in total. The van der Waals surface area contributed by atoms with Crippen LogP contribution in [0.4, 0.5) is 17.1 Å². The van der Waals surface area contributed by atoms with Crippen molar-refractivity contribution in [2.45, 2.75) is 33.6 Å². The van der Waals surface area contributed by atoms with Gasteiger partial charge in [0.05, 0.1) is 0 Å². The van der Waals surface area contributed by atoms with E-state index in [9.17, 15) is 0 Å². The molecule has 0 saturated heterocycles. The SMILES string of the molecule is C/C=C\C(=C/C=C(C)C)Nc1ccccc1Cc1cccc(-c2ccc(Nc3ccccc3)c(Cc3ccccc3)c2)c1. The Labute approximate surface area is 257 Å². The Morgan fingerprint density at radius 3 is 2.02 bits per heavy atom. The van der Waals surface area contributed by atoms with Crippen LogP contribution in [0.2, 0.25) is 0 Å². The molecule has 0 radical (unpaired) electrons. The molecule has 5 aromatic carbocycles. The van der Waals surface area contributed by atoms with E-state index in [0.717, 1.165) is 35.6 Å². The number of para-hydroxylation sites is 2. The molecule has 2 nitrogen and oxygen atoms in total. The largest absolute Gasteiger partial charge is 0.355 e. The molecule has 2 heteroatoms. The second kappa shape index (κ2) is 14.7. The third kappa shape index (κ3) is 8.47. The predicted octanol–water partition coefficient (Wildman–Crippen LogP) is 11.1. The van der Waals surface area contributed by atoms with Gasteiger partial charge in [0.2, 0.25) is 0 Å². The van der Waals surface area contributed by atoms with Crippen LogP contribution >= 0.6 is 0 Å². The minimum atomic E-state index is 0.841. The minimum Gasteiger partial charge on any atom is -0.355 e. The number of nitrogens with one attached hydrogen (secondary N) is 2. The van der Waals surface area contributed by atoms with Gasteiger partial charge in [0.25, 0.3) is 0 Å². The lowest BCUT2D eigenvalue weighted by atomic mass is 9.95. The van der Waals surface area contributed by atoms with Crippen molar-refractivity contribution in [2.24, 2.45) is 0 Å². The van der Waals surface area contributed by atoms with Crippen LogP contribution in [-0.4, -0.2) is 0 Å². The average Bonchev–Trinajstić information content (AvgIpc) is 3.03. The zero-order valence-corrected chi connectivity index (χ0v) is 25.3. The van der Waals surface area contributed by atoms with Gasteiger partial charge in [0.1, 0.15) is 0 Å². The average molecular weight is 561 g/mol. The smallest absolute Gasteiger partial charge is 0.0420 e. The molecule has 0 bridgehead atoms. The molecular formula is C41H40N2. The van der Waals surface area contributed by atoms with E-state index in [-0.39, 0.29) is 0 Å². The van der Waals surface area contributed by atoms with Crippen LogP contribution in [0.3, 0.4) is 0 Å². The minimum absolute atomic E-state index is 0.841. The van der Waals surface area contributed by atoms with Crippen LogP contribution in [0.25, 0.3) is 11.1 Å². The van der Waals surface area contributed by atoms with Gasteiger partial charge in [-0.05, 0) is 109 Å². The third-order valence-corrected chi connectivity index (χ3v) is 7.29. The fourth-order valence-electron chi connectivity index (χ4n) is 5.14. The van der Waals surface area contributed by atoms with Gasteiger partial charge >= 0.3 is 0 Å². The Morgan fingerprint density at radius 2 is 1.26 bits per heavy atom. The monoisotopic (exact) mass is 560 g/mol. The number of benzene rings is 5. The molecule has 0 aliphatic carbocycles. The molecule has 214 valence electrons. The summed E-state index contributed by atoms with van der Waals surface area (Å²) < 4.78 is 0. The van der Waals surface area contributed by atoms with Crippen molar-refractivity contribution in [2.75, 3.05) is 10.6 Å². The first-order chi connectivity index (χ1) is 21.1. The number of rotatable bonds is 11. The summed E-state index contributed by atoms with van der Waals surface area (Å²) >= 11 is 0. The second-order valence-corrected chi connectivity index (χ2v) is 11.1.